The fourth-order valence-corrected chi connectivity index (χ4v) is 5.12. The number of nitrogens with one attached hydrogen (secondary N) is 1. The molecule has 2 aromatic carbocycles. The monoisotopic (exact) mass is 469 g/mol. The first-order valence-corrected chi connectivity index (χ1v) is 11.8. The summed E-state index contributed by atoms with van der Waals surface area (Å²) in [7, 11) is -1.68. The number of nitriles is 1. The van der Waals surface area contributed by atoms with Gasteiger partial charge in [0.15, 0.2) is 5.76 Å². The zero-order valence-corrected chi connectivity index (χ0v) is 19.8. The van der Waals surface area contributed by atoms with Gasteiger partial charge in [-0.1, -0.05) is 53.6 Å². The van der Waals surface area contributed by atoms with E-state index in [1.54, 1.807) is 36.5 Å². The zero-order valence-electron chi connectivity index (χ0n) is 19.0. The van der Waals surface area contributed by atoms with Crippen LogP contribution in [0.2, 0.25) is 0 Å². The van der Waals surface area contributed by atoms with Crippen LogP contribution in [0.3, 0.4) is 0 Å². The number of carbonyl (C=O) groups excluding carboxylic acids is 1. The first-order chi connectivity index (χ1) is 16.4. The van der Waals surface area contributed by atoms with E-state index in [1.807, 2.05) is 50.2 Å². The van der Waals surface area contributed by atoms with Gasteiger partial charge < -0.3 is 4.74 Å². The van der Waals surface area contributed by atoms with Crippen molar-refractivity contribution in [1.82, 2.24) is 10.3 Å². The van der Waals surface area contributed by atoms with Crippen molar-refractivity contribution in [1.29, 1.82) is 5.26 Å². The van der Waals surface area contributed by atoms with Crippen LogP contribution in [0.4, 0.5) is 0 Å². The van der Waals surface area contributed by atoms with Crippen molar-refractivity contribution < 1.29 is 13.7 Å². The van der Waals surface area contributed by atoms with Crippen LogP contribution in [-0.2, 0) is 20.3 Å². The van der Waals surface area contributed by atoms with E-state index in [9.17, 15) is 14.3 Å². The van der Waals surface area contributed by atoms with Crippen molar-refractivity contribution >= 4 is 22.5 Å². The summed E-state index contributed by atoms with van der Waals surface area (Å²) in [6, 6.07) is 22.6. The second-order valence-electron chi connectivity index (χ2n) is 7.97. The second kappa shape index (κ2) is 9.86. The molecule has 1 amide bonds. The number of nitrogens with zero attached hydrogens (tertiary/aromatic N) is 2. The van der Waals surface area contributed by atoms with E-state index in [-0.39, 0.29) is 23.1 Å². The third kappa shape index (κ3) is 4.68. The summed E-state index contributed by atoms with van der Waals surface area (Å²) in [6.45, 7) is 5.27. The van der Waals surface area contributed by atoms with Gasteiger partial charge >= 0.3 is 0 Å². The molecule has 7 heteroatoms. The lowest BCUT2D eigenvalue weighted by atomic mass is 9.88. The number of amides is 1. The van der Waals surface area contributed by atoms with Gasteiger partial charge in [-0.2, -0.15) is 5.26 Å². The molecule has 0 aliphatic carbocycles. The normalized spacial score (nSPS) is 16.5. The quantitative estimate of drug-likeness (QED) is 0.576. The molecule has 34 heavy (non-hydrogen) atoms. The zero-order chi connectivity index (χ0) is 24.2. The van der Waals surface area contributed by atoms with Crippen LogP contribution in [0.25, 0.3) is 5.76 Å². The predicted octanol–water partition coefficient (Wildman–Crippen LogP) is 4.86. The average Bonchev–Trinajstić information content (AvgIpc) is 2.84. The molecule has 0 spiro atoms. The van der Waals surface area contributed by atoms with Crippen LogP contribution in [0, 0.1) is 25.2 Å². The fraction of sp³-hybridized carbons (Fsp3) is 0.148. The van der Waals surface area contributed by atoms with Gasteiger partial charge in [-0.05, 0) is 43.7 Å². The van der Waals surface area contributed by atoms with Crippen LogP contribution >= 0.6 is 0 Å². The molecule has 0 bridgehead atoms. The standard InChI is InChI=1S/C27H23N3O3S/c1-17-7-11-20(12-8-17)24-22(16-28)27(30-19(3)31)33-25(23-6-4-5-15-29-23)26(24)34(32)21-13-9-18(2)10-14-21/h4-15,24H,1-3H3,(H,30,31)/t24-,34+/m0/s1. The Bertz CT molecular complexity index is 1350. The number of benzene rings is 2. The maximum absolute atomic E-state index is 14.1. The molecule has 170 valence electrons. The van der Waals surface area contributed by atoms with Crippen LogP contribution < -0.4 is 5.32 Å². The molecule has 0 radical (unpaired) electrons. The summed E-state index contributed by atoms with van der Waals surface area (Å²) in [6.07, 6.45) is 1.61. The Morgan fingerprint density at radius 1 is 1.03 bits per heavy atom. The minimum atomic E-state index is -1.68. The molecule has 3 aromatic rings. The molecular formula is C27H23N3O3S. The molecule has 1 aliphatic heterocycles. The number of carbonyl (C=O) groups is 1. The molecule has 0 saturated heterocycles. The van der Waals surface area contributed by atoms with Gasteiger partial charge in [0, 0.05) is 18.0 Å². The van der Waals surface area contributed by atoms with Gasteiger partial charge in [0.2, 0.25) is 11.8 Å². The van der Waals surface area contributed by atoms with Gasteiger partial charge in [-0.3, -0.25) is 15.1 Å². The minimum Gasteiger partial charge on any atom is -0.437 e. The summed E-state index contributed by atoms with van der Waals surface area (Å²) in [5, 5.41) is 12.8. The Morgan fingerprint density at radius 2 is 1.68 bits per heavy atom. The van der Waals surface area contributed by atoms with Crippen molar-refractivity contribution in [3.8, 4) is 6.07 Å². The van der Waals surface area contributed by atoms with E-state index in [0.717, 1.165) is 16.7 Å². The summed E-state index contributed by atoms with van der Waals surface area (Å²) < 4.78 is 20.2. The molecule has 1 N–H and O–H groups in total. The molecule has 2 heterocycles. The number of pyridine rings is 1. The highest BCUT2D eigenvalue weighted by Gasteiger charge is 2.38. The Balaban J connectivity index is 2.01. The maximum Gasteiger partial charge on any atom is 0.223 e. The molecular weight excluding hydrogens is 446 g/mol. The maximum atomic E-state index is 14.1. The molecule has 0 unspecified atom stereocenters. The first-order valence-electron chi connectivity index (χ1n) is 10.7. The SMILES string of the molecule is CC(=O)NC1=C(C#N)[C@H](c2ccc(C)cc2)C([S@](=O)c2ccc(C)cc2)=C(c2ccccn2)O1. The third-order valence-corrected chi connectivity index (χ3v) is 6.90. The van der Waals surface area contributed by atoms with Crippen molar-refractivity contribution in [2.24, 2.45) is 0 Å². The highest BCUT2D eigenvalue weighted by Crippen LogP contribution is 2.45. The van der Waals surface area contributed by atoms with E-state index in [4.69, 9.17) is 4.74 Å². The van der Waals surface area contributed by atoms with Crippen molar-refractivity contribution in [2.75, 3.05) is 0 Å². The van der Waals surface area contributed by atoms with Crippen LogP contribution in [0.15, 0.2) is 94.2 Å². The lowest BCUT2D eigenvalue weighted by Crippen LogP contribution is -2.29. The number of ether oxygens (including phenoxy) is 1. The fourth-order valence-electron chi connectivity index (χ4n) is 3.70. The van der Waals surface area contributed by atoms with Gasteiger partial charge in [-0.15, -0.1) is 0 Å². The number of hydrogen-bond donors (Lipinski definition) is 1. The largest absolute Gasteiger partial charge is 0.437 e. The van der Waals surface area contributed by atoms with E-state index in [1.165, 1.54) is 6.92 Å². The Morgan fingerprint density at radius 3 is 2.24 bits per heavy atom. The van der Waals surface area contributed by atoms with E-state index in [0.29, 0.717) is 15.5 Å². The highest BCUT2D eigenvalue weighted by atomic mass is 32.2. The van der Waals surface area contributed by atoms with Crippen LogP contribution in [-0.4, -0.2) is 15.1 Å². The number of aryl methyl sites for hydroxylation is 2. The predicted molar refractivity (Wildman–Crippen MR) is 130 cm³/mol. The van der Waals surface area contributed by atoms with Gasteiger partial charge in [0.25, 0.3) is 0 Å². The van der Waals surface area contributed by atoms with Crippen LogP contribution in [0.5, 0.6) is 0 Å². The van der Waals surface area contributed by atoms with E-state index in [2.05, 4.69) is 16.4 Å². The lowest BCUT2D eigenvalue weighted by molar-refractivity contribution is -0.118. The summed E-state index contributed by atoms with van der Waals surface area (Å²) >= 11 is 0. The van der Waals surface area contributed by atoms with Crippen molar-refractivity contribution in [3.05, 3.63) is 112 Å². The molecule has 0 saturated carbocycles. The molecule has 2 atom stereocenters. The van der Waals surface area contributed by atoms with Gasteiger partial charge in [0.05, 0.1) is 21.6 Å². The summed E-state index contributed by atoms with van der Waals surface area (Å²) in [5.41, 5.74) is 3.48. The minimum absolute atomic E-state index is 0.0193. The molecule has 1 aromatic heterocycles. The van der Waals surface area contributed by atoms with Gasteiger partial charge in [-0.25, -0.2) is 4.21 Å². The Hall–Kier alpha value is -4.02. The average molecular weight is 470 g/mol. The smallest absolute Gasteiger partial charge is 0.223 e. The first kappa shape index (κ1) is 23.1. The molecule has 4 rings (SSSR count). The Kier molecular flexibility index (Phi) is 6.71. The topological polar surface area (TPSA) is 92.1 Å². The third-order valence-electron chi connectivity index (χ3n) is 5.38. The number of aromatic nitrogens is 1. The number of rotatable bonds is 5. The Labute approximate surface area is 201 Å². The summed E-state index contributed by atoms with van der Waals surface area (Å²) in [4.78, 5) is 17.3. The summed E-state index contributed by atoms with van der Waals surface area (Å²) in [5.74, 6) is -0.812. The van der Waals surface area contributed by atoms with E-state index < -0.39 is 16.7 Å². The molecule has 0 fully saturated rings. The number of hydrogen-bond acceptors (Lipinski definition) is 5. The van der Waals surface area contributed by atoms with Crippen molar-refractivity contribution in [2.45, 2.75) is 31.6 Å². The highest BCUT2D eigenvalue weighted by molar-refractivity contribution is 7.89. The molecule has 1 aliphatic rings. The number of allylic oxidation sites excluding steroid dienone is 2. The van der Waals surface area contributed by atoms with Crippen molar-refractivity contribution in [3.63, 3.8) is 0 Å². The molecule has 6 nitrogen and oxygen atoms in total. The lowest BCUT2D eigenvalue weighted by Gasteiger charge is -2.30. The van der Waals surface area contributed by atoms with Crippen LogP contribution in [0.1, 0.15) is 35.2 Å². The van der Waals surface area contributed by atoms with E-state index >= 15 is 0 Å². The second-order valence-corrected chi connectivity index (χ2v) is 9.42. The van der Waals surface area contributed by atoms with Gasteiger partial charge in [0.1, 0.15) is 17.3 Å².